The molecule has 5 heteroatoms. The summed E-state index contributed by atoms with van der Waals surface area (Å²) < 4.78 is 11.1. The maximum Gasteiger partial charge on any atom is 0.238 e. The van der Waals surface area contributed by atoms with Gasteiger partial charge in [-0.15, -0.1) is 5.10 Å². The van der Waals surface area contributed by atoms with E-state index < -0.39 is 0 Å². The number of hydrogen-bond donors (Lipinski definition) is 1. The zero-order chi connectivity index (χ0) is 14.9. The van der Waals surface area contributed by atoms with Gasteiger partial charge in [-0.05, 0) is 38.1 Å². The lowest BCUT2D eigenvalue weighted by Gasteiger charge is -2.07. The van der Waals surface area contributed by atoms with Crippen LogP contribution < -0.4 is 14.8 Å². The lowest BCUT2D eigenvalue weighted by Crippen LogP contribution is -2.15. The molecule has 0 aliphatic heterocycles. The SMILES string of the molecule is CCCNCc1ccc(Oc2cccc(OCC)c2)nn1. The quantitative estimate of drug-likeness (QED) is 0.756. The maximum absolute atomic E-state index is 5.67. The van der Waals surface area contributed by atoms with Crippen LogP contribution in [0, 0.1) is 0 Å². The first-order valence-corrected chi connectivity index (χ1v) is 7.26. The van der Waals surface area contributed by atoms with Crippen molar-refractivity contribution in [2.75, 3.05) is 13.2 Å². The van der Waals surface area contributed by atoms with Crippen molar-refractivity contribution in [1.82, 2.24) is 15.5 Å². The van der Waals surface area contributed by atoms with Crippen LogP contribution in [0.1, 0.15) is 26.0 Å². The van der Waals surface area contributed by atoms with Gasteiger partial charge in [0.1, 0.15) is 11.5 Å². The van der Waals surface area contributed by atoms with E-state index in [2.05, 4.69) is 22.4 Å². The second-order valence-corrected chi connectivity index (χ2v) is 4.55. The lowest BCUT2D eigenvalue weighted by molar-refractivity contribution is 0.337. The molecule has 0 spiro atoms. The molecule has 1 heterocycles. The highest BCUT2D eigenvalue weighted by atomic mass is 16.5. The van der Waals surface area contributed by atoms with Gasteiger partial charge in [-0.3, -0.25) is 0 Å². The molecule has 1 aromatic carbocycles. The number of benzene rings is 1. The topological polar surface area (TPSA) is 56.3 Å². The zero-order valence-electron chi connectivity index (χ0n) is 12.5. The van der Waals surface area contributed by atoms with Gasteiger partial charge >= 0.3 is 0 Å². The van der Waals surface area contributed by atoms with Gasteiger partial charge in [-0.2, -0.15) is 5.10 Å². The van der Waals surface area contributed by atoms with Crippen molar-refractivity contribution in [1.29, 1.82) is 0 Å². The molecule has 2 rings (SSSR count). The van der Waals surface area contributed by atoms with Crippen molar-refractivity contribution < 1.29 is 9.47 Å². The van der Waals surface area contributed by atoms with E-state index in [4.69, 9.17) is 9.47 Å². The van der Waals surface area contributed by atoms with Gasteiger partial charge in [0.15, 0.2) is 0 Å². The molecule has 0 saturated carbocycles. The molecule has 0 fully saturated rings. The molecule has 112 valence electrons. The van der Waals surface area contributed by atoms with E-state index in [1.54, 1.807) is 0 Å². The van der Waals surface area contributed by atoms with Crippen LogP contribution >= 0.6 is 0 Å². The monoisotopic (exact) mass is 287 g/mol. The van der Waals surface area contributed by atoms with Gasteiger partial charge in [0.25, 0.3) is 0 Å². The normalized spacial score (nSPS) is 10.4. The summed E-state index contributed by atoms with van der Waals surface area (Å²) in [7, 11) is 0. The lowest BCUT2D eigenvalue weighted by atomic mass is 10.3. The molecule has 0 radical (unpaired) electrons. The van der Waals surface area contributed by atoms with Gasteiger partial charge < -0.3 is 14.8 Å². The maximum atomic E-state index is 5.67. The molecule has 0 bridgehead atoms. The molecule has 21 heavy (non-hydrogen) atoms. The second kappa shape index (κ2) is 8.21. The highest BCUT2D eigenvalue weighted by Crippen LogP contribution is 2.23. The van der Waals surface area contributed by atoms with E-state index in [0.717, 1.165) is 31.0 Å². The summed E-state index contributed by atoms with van der Waals surface area (Å²) in [6.45, 7) is 6.41. The number of nitrogens with zero attached hydrogens (tertiary/aromatic N) is 2. The molecular weight excluding hydrogens is 266 g/mol. The minimum absolute atomic E-state index is 0.475. The third kappa shape index (κ3) is 5.04. The van der Waals surface area contributed by atoms with Gasteiger partial charge in [0, 0.05) is 18.7 Å². The van der Waals surface area contributed by atoms with E-state index >= 15 is 0 Å². The summed E-state index contributed by atoms with van der Waals surface area (Å²) in [6.07, 6.45) is 1.10. The van der Waals surface area contributed by atoms with Crippen LogP contribution in [0.25, 0.3) is 0 Å². The van der Waals surface area contributed by atoms with E-state index in [0.29, 0.717) is 18.2 Å². The van der Waals surface area contributed by atoms with E-state index in [-0.39, 0.29) is 0 Å². The fraction of sp³-hybridized carbons (Fsp3) is 0.375. The van der Waals surface area contributed by atoms with Crippen molar-refractivity contribution >= 4 is 0 Å². The molecule has 0 saturated heterocycles. The van der Waals surface area contributed by atoms with Crippen molar-refractivity contribution in [3.63, 3.8) is 0 Å². The standard InChI is InChI=1S/C16H21N3O2/c1-3-10-17-12-13-8-9-16(19-18-13)21-15-7-5-6-14(11-15)20-4-2/h5-9,11,17H,3-4,10,12H2,1-2H3. The third-order valence-corrected chi connectivity index (χ3v) is 2.77. The van der Waals surface area contributed by atoms with E-state index in [9.17, 15) is 0 Å². The average molecular weight is 287 g/mol. The van der Waals surface area contributed by atoms with Gasteiger partial charge in [-0.25, -0.2) is 0 Å². The summed E-state index contributed by atoms with van der Waals surface area (Å²) in [6, 6.07) is 11.2. The number of rotatable bonds is 8. The van der Waals surface area contributed by atoms with E-state index in [1.807, 2.05) is 43.3 Å². The Hall–Kier alpha value is -2.14. The van der Waals surface area contributed by atoms with Crippen LogP contribution in [0.3, 0.4) is 0 Å². The van der Waals surface area contributed by atoms with Crippen LogP contribution in [0.5, 0.6) is 17.4 Å². The summed E-state index contributed by atoms with van der Waals surface area (Å²) >= 11 is 0. The third-order valence-electron chi connectivity index (χ3n) is 2.77. The fourth-order valence-electron chi connectivity index (χ4n) is 1.80. The Bertz CT molecular complexity index is 543. The molecule has 0 unspecified atom stereocenters. The van der Waals surface area contributed by atoms with E-state index in [1.165, 1.54) is 0 Å². The smallest absolute Gasteiger partial charge is 0.238 e. The van der Waals surface area contributed by atoms with Gasteiger partial charge in [-0.1, -0.05) is 13.0 Å². The highest BCUT2D eigenvalue weighted by Gasteiger charge is 2.02. The van der Waals surface area contributed by atoms with Crippen LogP contribution in [0.2, 0.25) is 0 Å². The second-order valence-electron chi connectivity index (χ2n) is 4.55. The Morgan fingerprint density at radius 2 is 1.90 bits per heavy atom. The molecule has 1 aromatic heterocycles. The molecule has 1 N–H and O–H groups in total. The number of ether oxygens (including phenoxy) is 2. The van der Waals surface area contributed by atoms with Crippen molar-refractivity contribution in [2.24, 2.45) is 0 Å². The molecule has 0 atom stereocenters. The summed E-state index contributed by atoms with van der Waals surface area (Å²) in [5.41, 5.74) is 0.902. The molecule has 0 aliphatic carbocycles. The molecule has 0 amide bonds. The predicted octanol–water partition coefficient (Wildman–Crippen LogP) is 3.17. The first-order chi connectivity index (χ1) is 10.3. The molecular formula is C16H21N3O2. The van der Waals surface area contributed by atoms with Gasteiger partial charge in [0.05, 0.1) is 12.3 Å². The van der Waals surface area contributed by atoms with Crippen molar-refractivity contribution in [3.05, 3.63) is 42.1 Å². The highest BCUT2D eigenvalue weighted by molar-refractivity contribution is 5.35. The Balaban J connectivity index is 1.95. The first kappa shape index (κ1) is 15.3. The molecule has 5 nitrogen and oxygen atoms in total. The number of aromatic nitrogens is 2. The van der Waals surface area contributed by atoms with Crippen LogP contribution in [0.4, 0.5) is 0 Å². The average Bonchev–Trinajstić information content (AvgIpc) is 2.50. The molecule has 0 aliphatic rings. The number of nitrogens with one attached hydrogen (secondary N) is 1. The summed E-state index contributed by atoms with van der Waals surface area (Å²) in [4.78, 5) is 0. The Morgan fingerprint density at radius 3 is 2.62 bits per heavy atom. The van der Waals surface area contributed by atoms with Crippen molar-refractivity contribution in [2.45, 2.75) is 26.8 Å². The van der Waals surface area contributed by atoms with Crippen LogP contribution in [-0.4, -0.2) is 23.3 Å². The minimum atomic E-state index is 0.475. The predicted molar refractivity (Wildman–Crippen MR) is 81.7 cm³/mol. The van der Waals surface area contributed by atoms with Crippen molar-refractivity contribution in [3.8, 4) is 17.4 Å². The minimum Gasteiger partial charge on any atom is -0.494 e. The van der Waals surface area contributed by atoms with Crippen LogP contribution in [0.15, 0.2) is 36.4 Å². The largest absolute Gasteiger partial charge is 0.494 e. The zero-order valence-corrected chi connectivity index (χ0v) is 12.5. The fourth-order valence-corrected chi connectivity index (χ4v) is 1.80. The number of hydrogen-bond acceptors (Lipinski definition) is 5. The first-order valence-electron chi connectivity index (χ1n) is 7.26. The van der Waals surface area contributed by atoms with Crippen LogP contribution in [-0.2, 0) is 6.54 Å². The summed E-state index contributed by atoms with van der Waals surface area (Å²) in [5, 5.41) is 11.5. The molecule has 2 aromatic rings. The Morgan fingerprint density at radius 1 is 1.05 bits per heavy atom. The Kier molecular flexibility index (Phi) is 5.97. The van der Waals surface area contributed by atoms with Gasteiger partial charge in [0.2, 0.25) is 5.88 Å². The summed E-state index contributed by atoms with van der Waals surface area (Å²) in [5.74, 6) is 1.94. The Labute approximate surface area is 125 Å².